The van der Waals surface area contributed by atoms with Crippen LogP contribution in [0.2, 0.25) is 15.1 Å². The number of rotatable bonds is 14. The second-order valence-electron chi connectivity index (χ2n) is 39.2. The van der Waals surface area contributed by atoms with E-state index in [1.54, 1.807) is 41.9 Å². The number of aryl methyl sites for hydroxylation is 5. The van der Waals surface area contributed by atoms with Gasteiger partial charge >= 0.3 is 0 Å². The molecule has 38 heteroatoms. The summed E-state index contributed by atoms with van der Waals surface area (Å²) in [5.74, 6) is 0.611. The summed E-state index contributed by atoms with van der Waals surface area (Å²) in [5.41, 5.74) is 23.1. The minimum absolute atomic E-state index is 0.0647. The van der Waals surface area contributed by atoms with Crippen LogP contribution in [0, 0.1) is 27.7 Å². The van der Waals surface area contributed by atoms with E-state index in [4.69, 9.17) is 59.2 Å². The van der Waals surface area contributed by atoms with E-state index >= 15 is 0 Å². The maximum absolute atomic E-state index is 13.0. The van der Waals surface area contributed by atoms with Crippen LogP contribution in [0.5, 0.6) is 0 Å². The lowest BCUT2D eigenvalue weighted by molar-refractivity contribution is 0.199. The zero-order valence-corrected chi connectivity index (χ0v) is 88.3. The molecule has 0 unspecified atom stereocenters. The molecular weight excluding hydrogens is 1950 g/mol. The number of nitrogens with zero attached hydrogens (tertiary/aromatic N) is 29. The molecule has 0 spiro atoms. The SMILES string of the molecule is CCN1CC=C(c2ccc3nc(-c4ccc5nc(C)oc5c4)cc(=O)n3n2)CC1.CCN1CCN(c2ccc3nc(-c4cc(Cl)c5nc(C)cn5c4)cc(=O)n3c2)CC1.CCN1CCN(c2ccc3nc(-c4cc(Cl)c5nc(C)cn5c4)cc(=O)n3c2)C[C@@H]1C.CCN1CCN(c2ccc3nc(-c4cc(Cl)c5nc(C)cn5c4)cc(=O)n3c2)C[C@H]1C.CN1CCCN(c2ccc3nc(-c4ccc5c(cnn5C)c4)cc(=O)n3c2)CC1. The molecule has 0 N–H and O–H groups in total. The fourth-order valence-electron chi connectivity index (χ4n) is 20.8. The van der Waals surface area contributed by atoms with Crippen LogP contribution in [0.1, 0.15) is 83.1 Å². The molecule has 150 heavy (non-hydrogen) atoms. The highest BCUT2D eigenvalue weighted by molar-refractivity contribution is 6.34. The van der Waals surface area contributed by atoms with Crippen LogP contribution in [0.25, 0.3) is 129 Å². The lowest BCUT2D eigenvalue weighted by atomic mass is 10.0. The standard InChI is InChI=1S/2C23H25ClN6O.C22H23ClN6O.C22H24N6O.C22H21N5O2/c2*1-4-27-7-8-28(12-16(27)3)18-5-6-21-26-20(10-22(31)30(21)14-18)17-9-19(24)23-25-15(2)11-29(23)13-17;1-3-26-6-8-27(9-7-26)17-4-5-20-25-19(11-21(30)29(20)14-17)16-10-18(23)22-24-15(2)12-28(22)13-16;1-25-8-3-9-27(11-10-25)18-5-7-21-24-19(13-22(29)28(21)15-18)16-4-6-20-17(12-16)14-23-26(20)2;1-3-26-10-8-15(9-11-26)17-6-7-21-24-19(13-22(28)27(21)25-17)16-4-5-18-20(12-16)29-14(2)23-18/h2*5-6,9-11,13-14,16H,4,7-8,12H2,1-3H3;4-5,10-14H,3,6-9H2,1-2H3;4-7,12-15H,3,8-11H2,1-2H3;4-8,12-13H,3,9-11H2,1-2H3/t2*16-;;;/m10.../s1. The number of pyridine rings is 7. The first-order valence-electron chi connectivity index (χ1n) is 51.2. The van der Waals surface area contributed by atoms with E-state index in [1.165, 1.54) is 16.2 Å². The number of oxazole rings is 1. The Hall–Kier alpha value is -15.2. The van der Waals surface area contributed by atoms with Crippen LogP contribution in [0.4, 0.5) is 22.7 Å². The molecule has 0 aliphatic carbocycles. The van der Waals surface area contributed by atoms with Crippen molar-refractivity contribution in [2.75, 3.05) is 158 Å². The van der Waals surface area contributed by atoms with Gasteiger partial charge in [-0.05, 0) is 196 Å². The molecular formula is C112H118Cl3N29O6. The van der Waals surface area contributed by atoms with Crippen molar-refractivity contribution in [1.29, 1.82) is 0 Å². The third kappa shape index (κ3) is 21.2. The molecule has 0 saturated carbocycles. The number of benzene rings is 2. The van der Waals surface area contributed by atoms with Crippen LogP contribution in [-0.4, -0.2) is 270 Å². The van der Waals surface area contributed by atoms with E-state index < -0.39 is 0 Å². The van der Waals surface area contributed by atoms with Crippen LogP contribution >= 0.6 is 34.8 Å². The van der Waals surface area contributed by atoms with Crippen molar-refractivity contribution in [2.45, 2.75) is 94.2 Å². The average Bonchev–Trinajstić information content (AvgIpc) is 1.75. The van der Waals surface area contributed by atoms with Gasteiger partial charge < -0.3 is 47.0 Å². The molecule has 0 amide bonds. The molecule has 23 heterocycles. The van der Waals surface area contributed by atoms with Gasteiger partial charge in [-0.25, -0.2) is 44.9 Å². The maximum Gasteiger partial charge on any atom is 0.275 e. The molecule has 35 nitrogen and oxygen atoms in total. The monoisotopic (exact) mass is 2070 g/mol. The average molecular weight is 2070 g/mol. The summed E-state index contributed by atoms with van der Waals surface area (Å²) in [6.07, 6.45) is 25.1. The number of aromatic nitrogens is 20. The third-order valence-corrected chi connectivity index (χ3v) is 29.9. The molecule has 5 aliphatic heterocycles. The fraction of sp³-hybridized carbons (Fsp3) is 0.321. The zero-order valence-electron chi connectivity index (χ0n) is 86.0. The van der Waals surface area contributed by atoms with Crippen LogP contribution in [0.3, 0.4) is 0 Å². The number of likely N-dealkylation sites (N-methyl/N-ethyl adjacent to an activating group) is 5. The van der Waals surface area contributed by atoms with Crippen molar-refractivity contribution in [2.24, 2.45) is 7.05 Å². The summed E-state index contributed by atoms with van der Waals surface area (Å²) >= 11 is 19.2. The highest BCUT2D eigenvalue weighted by atomic mass is 35.5. The minimum Gasteiger partial charge on any atom is -0.441 e. The molecule has 0 bridgehead atoms. The summed E-state index contributed by atoms with van der Waals surface area (Å²) < 4.78 is 20.9. The van der Waals surface area contributed by atoms with Gasteiger partial charge in [0.1, 0.15) is 28.1 Å². The number of hydrogen-bond donors (Lipinski definition) is 0. The first-order valence-corrected chi connectivity index (χ1v) is 52.3. The quantitative estimate of drug-likeness (QED) is 0.0976. The van der Waals surface area contributed by atoms with E-state index in [0.29, 0.717) is 112 Å². The van der Waals surface area contributed by atoms with Gasteiger partial charge in [-0.15, -0.1) is 0 Å². The second-order valence-corrected chi connectivity index (χ2v) is 40.4. The van der Waals surface area contributed by atoms with Crippen molar-refractivity contribution in [1.82, 2.24) is 120 Å². The number of imidazole rings is 3. The first-order chi connectivity index (χ1) is 72.5. The summed E-state index contributed by atoms with van der Waals surface area (Å²) in [5, 5.41) is 11.5. The molecule has 4 fully saturated rings. The summed E-state index contributed by atoms with van der Waals surface area (Å²) in [7, 11) is 4.07. The lowest BCUT2D eigenvalue weighted by Crippen LogP contribution is -2.51. The Morgan fingerprint density at radius 1 is 0.367 bits per heavy atom. The molecule has 5 aliphatic rings. The number of anilines is 4. The van der Waals surface area contributed by atoms with Crippen LogP contribution in [0.15, 0.2) is 248 Å². The van der Waals surface area contributed by atoms with E-state index in [0.717, 1.165) is 233 Å². The minimum atomic E-state index is -0.202. The predicted molar refractivity (Wildman–Crippen MR) is 596 cm³/mol. The van der Waals surface area contributed by atoms with E-state index in [1.807, 2.05) is 218 Å². The Morgan fingerprint density at radius 3 is 1.24 bits per heavy atom. The van der Waals surface area contributed by atoms with Gasteiger partial charge in [0, 0.05) is 250 Å². The molecule has 768 valence electrons. The van der Waals surface area contributed by atoms with Crippen molar-refractivity contribution in [3.63, 3.8) is 0 Å². The van der Waals surface area contributed by atoms with E-state index in [9.17, 15) is 24.0 Å². The Balaban J connectivity index is 0.000000109. The van der Waals surface area contributed by atoms with Crippen LogP contribution in [-0.2, 0) is 7.05 Å². The number of fused-ring (bicyclic) bond motifs is 10. The normalized spacial score (nSPS) is 16.4. The van der Waals surface area contributed by atoms with Gasteiger partial charge in [0.25, 0.3) is 27.8 Å². The molecule has 2 aromatic carbocycles. The van der Waals surface area contributed by atoms with Crippen molar-refractivity contribution in [3.05, 3.63) is 315 Å². The number of piperazine rings is 3. The van der Waals surface area contributed by atoms with Gasteiger partial charge in [-0.2, -0.15) is 14.7 Å². The summed E-state index contributed by atoms with van der Waals surface area (Å²) in [6.45, 7) is 40.9. The molecule has 25 rings (SSSR count). The number of hydrogen-bond acceptors (Lipinski definition) is 26. The second kappa shape index (κ2) is 42.8. The summed E-state index contributed by atoms with van der Waals surface area (Å²) in [6, 6.07) is 45.6. The fourth-order valence-corrected chi connectivity index (χ4v) is 21.5. The van der Waals surface area contributed by atoms with Crippen molar-refractivity contribution >= 4 is 130 Å². The molecule has 2 atom stereocenters. The highest BCUT2D eigenvalue weighted by Gasteiger charge is 2.28. The number of halogens is 3. The summed E-state index contributed by atoms with van der Waals surface area (Å²) in [4.78, 5) is 127. The predicted octanol–water partition coefficient (Wildman–Crippen LogP) is 15.8. The van der Waals surface area contributed by atoms with Crippen molar-refractivity contribution < 1.29 is 4.42 Å². The maximum atomic E-state index is 13.0. The van der Waals surface area contributed by atoms with Gasteiger partial charge in [-0.3, -0.25) is 61.0 Å². The lowest BCUT2D eigenvalue weighted by Gasteiger charge is -2.40. The molecule has 18 aromatic heterocycles. The van der Waals surface area contributed by atoms with Gasteiger partial charge in [0.15, 0.2) is 34.1 Å². The topological polar surface area (TPSA) is 310 Å². The largest absolute Gasteiger partial charge is 0.441 e. The molecule has 0 radical (unpaired) electrons. The first kappa shape index (κ1) is 101. The molecule has 4 saturated heterocycles. The smallest absolute Gasteiger partial charge is 0.275 e. The Kier molecular flexibility index (Phi) is 28.7. The van der Waals surface area contributed by atoms with Gasteiger partial charge in [0.2, 0.25) is 0 Å². The Morgan fingerprint density at radius 2 is 0.787 bits per heavy atom. The Bertz CT molecular complexity index is 8730. The van der Waals surface area contributed by atoms with E-state index in [2.05, 4.69) is 152 Å². The highest BCUT2D eigenvalue weighted by Crippen LogP contribution is 2.34. The Labute approximate surface area is 879 Å². The molecule has 20 aromatic rings. The van der Waals surface area contributed by atoms with Gasteiger partial charge in [-0.1, -0.05) is 80.7 Å². The van der Waals surface area contributed by atoms with Gasteiger partial charge in [0.05, 0.1) is 101 Å². The van der Waals surface area contributed by atoms with Crippen LogP contribution < -0.4 is 47.4 Å². The zero-order chi connectivity index (χ0) is 104. The van der Waals surface area contributed by atoms with E-state index in [-0.39, 0.29) is 27.8 Å². The van der Waals surface area contributed by atoms with Crippen molar-refractivity contribution in [3.8, 4) is 56.3 Å². The third-order valence-electron chi connectivity index (χ3n) is 29.1.